The van der Waals surface area contributed by atoms with Crippen LogP contribution in [0.4, 0.5) is 5.95 Å². The summed E-state index contributed by atoms with van der Waals surface area (Å²) in [6.45, 7) is 8.60. The van der Waals surface area contributed by atoms with Crippen molar-refractivity contribution >= 4 is 41.2 Å². The van der Waals surface area contributed by atoms with Crippen LogP contribution < -0.4 is 16.2 Å². The molecule has 330 valence electrons. The molecule has 3 aromatic rings. The average molecular weight is 839 g/mol. The van der Waals surface area contributed by atoms with Crippen LogP contribution in [0.2, 0.25) is 0 Å². The topological polar surface area (TPSA) is 221 Å². The molecule has 0 saturated carbocycles. The minimum Gasteiger partial charge on any atom is -0.456 e. The van der Waals surface area contributed by atoms with Crippen molar-refractivity contribution in [1.29, 1.82) is 0 Å². The zero-order valence-electron chi connectivity index (χ0n) is 35.6. The number of aromatic amines is 1. The van der Waals surface area contributed by atoms with Gasteiger partial charge in [0, 0.05) is 53.1 Å². The van der Waals surface area contributed by atoms with E-state index in [0.717, 1.165) is 25.7 Å². The lowest BCUT2D eigenvalue weighted by Crippen LogP contribution is -2.62. The van der Waals surface area contributed by atoms with Crippen molar-refractivity contribution < 1.29 is 43.2 Å². The lowest BCUT2D eigenvalue weighted by Gasteiger charge is -2.45. The van der Waals surface area contributed by atoms with E-state index in [1.54, 1.807) is 47.8 Å². The van der Waals surface area contributed by atoms with Gasteiger partial charge in [0.1, 0.15) is 24.4 Å². The molecule has 0 spiro atoms. The number of esters is 1. The average Bonchev–Trinajstić information content (AvgIpc) is 3.80. The van der Waals surface area contributed by atoms with E-state index in [4.69, 9.17) is 23.7 Å². The Hall–Kier alpha value is -4.75. The van der Waals surface area contributed by atoms with Crippen LogP contribution in [0, 0.1) is 5.92 Å². The molecule has 2 fully saturated rings. The van der Waals surface area contributed by atoms with E-state index in [9.17, 15) is 24.3 Å². The Labute approximate surface area is 350 Å². The second-order valence-electron chi connectivity index (χ2n) is 15.6. The third-order valence-electron chi connectivity index (χ3n) is 10.7. The summed E-state index contributed by atoms with van der Waals surface area (Å²) in [5, 5.41) is 17.1. The van der Waals surface area contributed by atoms with Crippen molar-refractivity contribution in [3.8, 4) is 0 Å². The SMILES string of the molecule is CC[C@H]1O[C@@H](n2cnc3c(=O)[nH]c(/N=C/N(C)C)nc32)[C@@H](O)C1OCCCCCCNC(=O)CCCCO[C@@H]1O[C@H](CC)[C@H](C)[C@H](OC(=O)c2ccccc2)[C@H]1NC(C)=O. The Balaban J connectivity index is 0.976. The van der Waals surface area contributed by atoms with E-state index in [1.807, 2.05) is 26.8 Å². The number of rotatable bonds is 22. The maximum atomic E-state index is 13.0. The Bertz CT molecular complexity index is 1920. The predicted molar refractivity (Wildman–Crippen MR) is 223 cm³/mol. The number of hydrogen-bond donors (Lipinski definition) is 4. The Morgan fingerprint density at radius 1 is 0.983 bits per heavy atom. The number of aliphatic hydroxyl groups excluding tert-OH is 1. The lowest BCUT2D eigenvalue weighted by atomic mass is 9.87. The van der Waals surface area contributed by atoms with Gasteiger partial charge in [-0.1, -0.05) is 51.8 Å². The molecule has 2 aliphatic rings. The number of aromatic nitrogens is 4. The van der Waals surface area contributed by atoms with Crippen molar-refractivity contribution in [2.75, 3.05) is 33.9 Å². The molecule has 0 radical (unpaired) electrons. The second-order valence-corrected chi connectivity index (χ2v) is 15.6. The fourth-order valence-corrected chi connectivity index (χ4v) is 7.54. The zero-order valence-corrected chi connectivity index (χ0v) is 35.6. The first kappa shape index (κ1) is 46.3. The highest BCUT2D eigenvalue weighted by Crippen LogP contribution is 2.35. The van der Waals surface area contributed by atoms with Crippen molar-refractivity contribution in [1.82, 2.24) is 35.1 Å². The van der Waals surface area contributed by atoms with Crippen molar-refractivity contribution in [2.45, 2.75) is 135 Å². The second kappa shape index (κ2) is 22.7. The van der Waals surface area contributed by atoms with Crippen LogP contribution in [0.3, 0.4) is 0 Å². The Kier molecular flexibility index (Phi) is 17.6. The third-order valence-corrected chi connectivity index (χ3v) is 10.7. The highest BCUT2D eigenvalue weighted by molar-refractivity contribution is 5.89. The molecule has 60 heavy (non-hydrogen) atoms. The molecule has 5 rings (SSSR count). The van der Waals surface area contributed by atoms with Gasteiger partial charge in [-0.3, -0.25) is 23.9 Å². The van der Waals surface area contributed by atoms with E-state index in [-0.39, 0.29) is 47.1 Å². The number of nitrogens with one attached hydrogen (secondary N) is 3. The molecular weight excluding hydrogens is 777 g/mol. The summed E-state index contributed by atoms with van der Waals surface area (Å²) in [5.41, 5.74) is 0.362. The fraction of sp³-hybridized carbons (Fsp3) is 0.643. The van der Waals surface area contributed by atoms with Gasteiger partial charge in [0.15, 0.2) is 23.7 Å². The molecule has 18 heteroatoms. The number of fused-ring (bicyclic) bond motifs is 1. The smallest absolute Gasteiger partial charge is 0.338 e. The Morgan fingerprint density at radius 3 is 2.42 bits per heavy atom. The highest BCUT2D eigenvalue weighted by atomic mass is 16.7. The molecule has 0 bridgehead atoms. The third kappa shape index (κ3) is 12.4. The van der Waals surface area contributed by atoms with E-state index in [2.05, 4.69) is 30.6 Å². The van der Waals surface area contributed by atoms with Gasteiger partial charge in [-0.2, -0.15) is 4.98 Å². The molecule has 9 atom stereocenters. The number of benzene rings is 1. The van der Waals surface area contributed by atoms with Gasteiger partial charge in [-0.05, 0) is 50.7 Å². The van der Waals surface area contributed by atoms with Gasteiger partial charge >= 0.3 is 5.97 Å². The Morgan fingerprint density at radius 2 is 1.70 bits per heavy atom. The largest absolute Gasteiger partial charge is 0.456 e. The molecule has 2 amide bonds. The van der Waals surface area contributed by atoms with Crippen LogP contribution in [-0.2, 0) is 33.3 Å². The van der Waals surface area contributed by atoms with E-state index in [0.29, 0.717) is 57.4 Å². The van der Waals surface area contributed by atoms with Gasteiger partial charge in [0.2, 0.25) is 17.8 Å². The maximum Gasteiger partial charge on any atom is 0.338 e. The van der Waals surface area contributed by atoms with E-state index in [1.165, 1.54) is 19.6 Å². The first-order chi connectivity index (χ1) is 28.9. The molecule has 0 aliphatic carbocycles. The summed E-state index contributed by atoms with van der Waals surface area (Å²) < 4.78 is 32.2. The molecule has 2 saturated heterocycles. The minimum atomic E-state index is -1.01. The lowest BCUT2D eigenvalue weighted by molar-refractivity contribution is -0.249. The number of unbranched alkanes of at least 4 members (excludes halogenated alkanes) is 4. The van der Waals surface area contributed by atoms with Crippen molar-refractivity contribution in [3.05, 3.63) is 52.6 Å². The summed E-state index contributed by atoms with van der Waals surface area (Å²) >= 11 is 0. The summed E-state index contributed by atoms with van der Waals surface area (Å²) in [6, 6.07) is 8.03. The first-order valence-electron chi connectivity index (χ1n) is 21.1. The number of carbonyl (C=O) groups excluding carboxylic acids is 3. The fourth-order valence-electron chi connectivity index (χ4n) is 7.54. The van der Waals surface area contributed by atoms with Gasteiger partial charge in [0.05, 0.1) is 30.4 Å². The minimum absolute atomic E-state index is 0.0329. The standard InChI is InChI=1S/C42H62N8O10/c1-7-29-26(3)35(60-40(55)28-18-12-11-13-19-28)32(46-27(4)51)41(59-29)57-23-17-14-20-31(52)43-21-15-9-10-16-22-56-36-30(8-2)58-39(34(36)53)50-25-44-33-37(50)47-42(48-38(33)54)45-24-49(5)6/h11-13,18-19,24-26,29-30,32,34-36,39,41,53H,7-10,14-17,20-23H2,1-6H3,(H,43,52)(H,46,51)(H,47,48,54)/b45-24+/t26-,29+,30+,32+,34-,35-,36?,39+,41+/m0/s1. The van der Waals surface area contributed by atoms with E-state index >= 15 is 0 Å². The molecule has 1 aromatic carbocycles. The van der Waals surface area contributed by atoms with E-state index < -0.39 is 48.4 Å². The maximum absolute atomic E-state index is 13.0. The van der Waals surface area contributed by atoms with Crippen LogP contribution >= 0.6 is 0 Å². The number of carbonyl (C=O) groups is 3. The number of aliphatic imine (C=N–C) groups is 1. The number of nitrogens with zero attached hydrogens (tertiary/aromatic N) is 5. The van der Waals surface area contributed by atoms with Crippen LogP contribution in [0.1, 0.15) is 102 Å². The van der Waals surface area contributed by atoms with Crippen molar-refractivity contribution in [2.24, 2.45) is 10.9 Å². The highest BCUT2D eigenvalue weighted by Gasteiger charge is 2.47. The monoisotopic (exact) mass is 838 g/mol. The van der Waals surface area contributed by atoms with Gasteiger partial charge in [0.25, 0.3) is 5.56 Å². The van der Waals surface area contributed by atoms with Gasteiger partial charge < -0.3 is 44.3 Å². The normalized spacial score (nSPS) is 25.4. The molecule has 4 heterocycles. The summed E-state index contributed by atoms with van der Waals surface area (Å²) in [5.74, 6) is -0.871. The summed E-state index contributed by atoms with van der Waals surface area (Å²) in [6.07, 6.45) is 4.70. The molecule has 18 nitrogen and oxygen atoms in total. The number of hydrogen-bond acceptors (Lipinski definition) is 13. The number of aliphatic hydroxyl groups is 1. The molecule has 4 N–H and O–H groups in total. The van der Waals surface area contributed by atoms with Crippen LogP contribution in [0.25, 0.3) is 11.2 Å². The molecular formula is C42H62N8O10. The number of ether oxygens (including phenoxy) is 5. The summed E-state index contributed by atoms with van der Waals surface area (Å²) in [7, 11) is 3.60. The number of H-pyrrole nitrogens is 1. The van der Waals surface area contributed by atoms with Crippen molar-refractivity contribution in [3.63, 3.8) is 0 Å². The quantitative estimate of drug-likeness (QED) is 0.0491. The van der Waals surface area contributed by atoms with Gasteiger partial charge in [-0.15, -0.1) is 0 Å². The predicted octanol–water partition coefficient (Wildman–Crippen LogP) is 3.76. The van der Waals surface area contributed by atoms with Gasteiger partial charge in [-0.25, -0.2) is 14.8 Å². The number of amides is 2. The van der Waals surface area contributed by atoms with Crippen LogP contribution in [0.5, 0.6) is 0 Å². The first-order valence-corrected chi connectivity index (χ1v) is 21.1. The molecule has 2 aliphatic heterocycles. The molecule has 2 aromatic heterocycles. The summed E-state index contributed by atoms with van der Waals surface area (Å²) in [4.78, 5) is 67.5. The van der Waals surface area contributed by atoms with Crippen LogP contribution in [-0.4, -0.2) is 130 Å². The van der Waals surface area contributed by atoms with Crippen LogP contribution in [0.15, 0.2) is 46.4 Å². The molecule has 1 unspecified atom stereocenters. The zero-order chi connectivity index (χ0) is 43.2. The number of imidazole rings is 1.